The van der Waals surface area contributed by atoms with Crippen LogP contribution in [0.15, 0.2) is 199 Å². The first-order chi connectivity index (χ1) is 58.4. The number of nitrogens with zero attached hydrogens (tertiary/aromatic N) is 5. The second-order valence-corrected chi connectivity index (χ2v) is 39.3. The SMILES string of the molecule is CC(C)(C)OC(=O)n1cc(B2OC(C)(C)C(C)(C)O2)cn1.CC(C)c1cc(C(C)C)c(-c2cccc(P(C3CCCCC3)C3CCCCC3)c2)c(C(C)C)c1.CCOc1cccc(CC2CCN(c3ccc(-c4cn[nH]c4)c(C)c3)C2=O)c1.CCOc1cccc(CC2CCN(c3ccc(Br)c(C)c3)C2=O)c1.Nc1ccccc1-c1[c-]cccc1.[Cl][Pd+]. The molecule has 20 heteroatoms. The van der Waals surface area contributed by atoms with Gasteiger partial charge in [0.2, 0.25) is 11.8 Å². The van der Waals surface area contributed by atoms with E-state index in [1.54, 1.807) is 34.4 Å². The molecule has 2 atom stereocenters. The van der Waals surface area contributed by atoms with Gasteiger partial charge in [0, 0.05) is 70.4 Å². The number of para-hydroxylation sites is 1. The number of aryl methyl sites for hydroxylation is 2. The molecule has 122 heavy (non-hydrogen) atoms. The van der Waals surface area contributed by atoms with Gasteiger partial charge >= 0.3 is 40.9 Å². The Morgan fingerprint density at radius 3 is 1.65 bits per heavy atom. The quantitative estimate of drug-likeness (QED) is 0.0321. The number of amides is 2. The first kappa shape index (κ1) is 96.1. The summed E-state index contributed by atoms with van der Waals surface area (Å²) in [4.78, 5) is 41.6. The van der Waals surface area contributed by atoms with Gasteiger partial charge in [-0.3, -0.25) is 14.7 Å². The van der Waals surface area contributed by atoms with Crippen LogP contribution in [-0.2, 0) is 54.7 Å². The molecule has 3 aliphatic heterocycles. The van der Waals surface area contributed by atoms with Crippen molar-refractivity contribution in [1.82, 2.24) is 20.0 Å². The van der Waals surface area contributed by atoms with E-state index < -0.39 is 30.0 Å². The third kappa shape index (κ3) is 25.8. The molecular formula is C102H129BBrClN7O8PPd. The molecule has 15 nitrogen and oxygen atoms in total. The third-order valence-electron chi connectivity index (χ3n) is 24.0. The molecule has 0 radical (unpaired) electrons. The molecular weight excluding hydrogens is 1710 g/mol. The zero-order valence-corrected chi connectivity index (χ0v) is 79.7. The van der Waals surface area contributed by atoms with Crippen molar-refractivity contribution in [3.8, 4) is 44.9 Å². The van der Waals surface area contributed by atoms with Crippen LogP contribution >= 0.6 is 33.4 Å². The summed E-state index contributed by atoms with van der Waals surface area (Å²) < 4.78 is 30.5. The number of carbonyl (C=O) groups is 3. The molecule has 5 heterocycles. The Bertz CT molecular complexity index is 4960. The molecule has 5 fully saturated rings. The van der Waals surface area contributed by atoms with Crippen LogP contribution in [-0.4, -0.2) is 99.4 Å². The number of carbonyl (C=O) groups excluding carboxylic acids is 3. The number of nitrogen functional groups attached to an aromatic ring is 1. The zero-order valence-electron chi connectivity index (χ0n) is 74.9. The Morgan fingerprint density at radius 2 is 1.16 bits per heavy atom. The van der Waals surface area contributed by atoms with E-state index >= 15 is 0 Å². The van der Waals surface area contributed by atoms with Gasteiger partial charge in [0.05, 0.1) is 30.6 Å². The first-order valence-electron chi connectivity index (χ1n) is 43.9. The van der Waals surface area contributed by atoms with Crippen LogP contribution in [0.1, 0.15) is 238 Å². The number of rotatable bonds is 20. The van der Waals surface area contributed by atoms with E-state index in [1.165, 1.54) is 75.3 Å². The van der Waals surface area contributed by atoms with E-state index in [2.05, 4.69) is 180 Å². The minimum atomic E-state index is -0.562. The molecule has 3 N–H and O–H groups in total. The second kappa shape index (κ2) is 45.1. The van der Waals surface area contributed by atoms with Crippen LogP contribution in [0.3, 0.4) is 0 Å². The summed E-state index contributed by atoms with van der Waals surface area (Å²) in [5, 5.41) is 12.6. The molecule has 0 spiro atoms. The Hall–Kier alpha value is -8.16. The normalized spacial score (nSPS) is 17.0. The summed E-state index contributed by atoms with van der Waals surface area (Å²) >= 11 is 5.74. The van der Waals surface area contributed by atoms with Crippen molar-refractivity contribution in [2.24, 2.45) is 11.8 Å². The summed E-state index contributed by atoms with van der Waals surface area (Å²) in [6, 6.07) is 62.3. The summed E-state index contributed by atoms with van der Waals surface area (Å²) in [5.74, 6) is 3.88. The molecule has 2 amide bonds. The van der Waals surface area contributed by atoms with Crippen molar-refractivity contribution in [3.05, 3.63) is 244 Å². The van der Waals surface area contributed by atoms with Gasteiger partial charge < -0.3 is 39.1 Å². The molecule has 2 unspecified atom stereocenters. The van der Waals surface area contributed by atoms with Crippen LogP contribution in [0.4, 0.5) is 21.9 Å². The Kier molecular flexibility index (Phi) is 35.5. The number of ether oxygens (including phenoxy) is 3. The number of benzene rings is 8. The van der Waals surface area contributed by atoms with Crippen molar-refractivity contribution < 1.29 is 56.1 Å². The number of hydrogen-bond acceptors (Lipinski definition) is 11. The van der Waals surface area contributed by atoms with E-state index in [0.717, 1.165) is 132 Å². The number of hydrogen-bond donors (Lipinski definition) is 2. The van der Waals surface area contributed by atoms with Crippen molar-refractivity contribution in [2.45, 2.75) is 253 Å². The number of halogens is 2. The number of aromatic nitrogens is 4. The van der Waals surface area contributed by atoms with Gasteiger partial charge in [0.1, 0.15) is 17.1 Å². The van der Waals surface area contributed by atoms with E-state index in [0.29, 0.717) is 36.4 Å². The maximum atomic E-state index is 13.0. The van der Waals surface area contributed by atoms with Crippen molar-refractivity contribution in [3.63, 3.8) is 0 Å². The Morgan fingerprint density at radius 1 is 0.631 bits per heavy atom. The zero-order chi connectivity index (χ0) is 88.0. The van der Waals surface area contributed by atoms with Crippen LogP contribution in [0.25, 0.3) is 33.4 Å². The molecule has 3 saturated heterocycles. The van der Waals surface area contributed by atoms with E-state index in [-0.39, 0.29) is 31.6 Å². The molecule has 2 aliphatic carbocycles. The van der Waals surface area contributed by atoms with Gasteiger partial charge in [-0.1, -0.05) is 188 Å². The Balaban J connectivity index is 0.000000163. The molecule has 10 aromatic rings. The van der Waals surface area contributed by atoms with Gasteiger partial charge in [-0.05, 0) is 290 Å². The number of aromatic amines is 1. The van der Waals surface area contributed by atoms with Crippen molar-refractivity contribution in [2.75, 3.05) is 41.8 Å². The maximum absolute atomic E-state index is 13.0. The average molecular weight is 1840 g/mol. The number of anilines is 3. The van der Waals surface area contributed by atoms with Gasteiger partial charge in [0.25, 0.3) is 0 Å². The number of nitrogens with one attached hydrogen (secondary N) is 1. The molecule has 8 aromatic carbocycles. The van der Waals surface area contributed by atoms with Crippen LogP contribution < -0.4 is 35.8 Å². The molecule has 2 saturated carbocycles. The molecule has 652 valence electrons. The topological polar surface area (TPSA) is 176 Å². The monoisotopic (exact) mass is 1840 g/mol. The average Bonchev–Trinajstić information content (AvgIpc) is 1.63. The number of H-pyrrole nitrogens is 1. The Labute approximate surface area is 752 Å². The molecule has 0 bridgehead atoms. The summed E-state index contributed by atoms with van der Waals surface area (Å²) in [7, 11) is 3.89. The van der Waals surface area contributed by atoms with E-state index in [1.807, 2.05) is 195 Å². The second-order valence-electron chi connectivity index (χ2n) is 35.7. The fraction of sp³-hybridized carbons (Fsp3) is 0.441. The van der Waals surface area contributed by atoms with Gasteiger partial charge in [-0.15, -0.1) is 35.9 Å². The summed E-state index contributed by atoms with van der Waals surface area (Å²) in [5.41, 5.74) is 26.3. The van der Waals surface area contributed by atoms with Gasteiger partial charge in [-0.25, -0.2) is 4.79 Å². The van der Waals surface area contributed by atoms with Crippen LogP contribution in [0, 0.1) is 31.7 Å². The van der Waals surface area contributed by atoms with Crippen molar-refractivity contribution >= 4 is 86.2 Å². The molecule has 5 aliphatic rings. The van der Waals surface area contributed by atoms with Crippen molar-refractivity contribution in [1.29, 1.82) is 0 Å². The standard InChI is InChI=1S/C33H49P.C23H25N3O2.C20H22BrNO2.C14H23BN2O4.C12H10N.ClH.Pd/c1-23(2)27-21-31(24(3)4)33(32(22-27)25(5)6)26-14-13-19-30(20-26)34(28-15-9-7-10-16-28)29-17-11-8-12-18-29;1-3-28-21-6-4-5-17(13-21)12-18-9-10-26(23(18)27)20-7-8-22(16(2)11-20)19-14-24-25-15-19;1-3-24-18-6-4-5-15(13-18)12-16-9-10-22(20(16)23)17-7-8-19(21)14(2)11-17;1-12(2,3)19-11(18)17-9-10(8-16-17)15-20-13(4,5)14(6,7)21-15;13-12-9-5-4-8-11(12)10-6-2-1-3-7-10;;/h13-14,19-25,28-29H,7-12,15-18H2,1-6H3;4-8,11,13-15,18H,3,9-10,12H2,1-2H3,(H,24,25);4-8,11,13,16H,3,9-10,12H2,1-2H3;8-9H,1-7H3;1-6,8-9H,13H2;1H;/q;;;;-1;;+2/p-1. The van der Waals surface area contributed by atoms with E-state index in [9.17, 15) is 14.4 Å². The van der Waals surface area contributed by atoms with Gasteiger partial charge in [0.15, 0.2) is 0 Å². The van der Waals surface area contributed by atoms with E-state index in [4.69, 9.17) is 29.3 Å². The molecule has 2 aromatic heterocycles. The summed E-state index contributed by atoms with van der Waals surface area (Å²) in [6.07, 6.45) is 24.3. The molecule has 15 rings (SSSR count). The predicted molar refractivity (Wildman–Crippen MR) is 506 cm³/mol. The summed E-state index contributed by atoms with van der Waals surface area (Å²) in [6.45, 7) is 38.5. The fourth-order valence-electron chi connectivity index (χ4n) is 16.8. The van der Waals surface area contributed by atoms with Crippen LogP contribution in [0.2, 0.25) is 0 Å². The predicted octanol–water partition coefficient (Wildman–Crippen LogP) is 25.0. The first-order valence-corrected chi connectivity index (χ1v) is 48.2. The van der Waals surface area contributed by atoms with Gasteiger partial charge in [-0.2, -0.15) is 14.9 Å². The number of nitrogens with two attached hydrogens (primary N) is 1. The fourth-order valence-corrected chi connectivity index (χ4v) is 20.9. The minimum absolute atomic E-state index is 0.0192. The third-order valence-corrected chi connectivity index (χ3v) is 28.3. The van der Waals surface area contributed by atoms with Crippen LogP contribution in [0.5, 0.6) is 11.5 Å².